The van der Waals surface area contributed by atoms with Gasteiger partial charge < -0.3 is 5.32 Å². The zero-order chi connectivity index (χ0) is 13.9. The number of hydrogen-bond acceptors (Lipinski definition) is 2. The van der Waals surface area contributed by atoms with Crippen molar-refractivity contribution in [2.24, 2.45) is 0 Å². The molecule has 3 nitrogen and oxygen atoms in total. The molecule has 2 aromatic rings. The lowest BCUT2D eigenvalue weighted by Crippen LogP contribution is -2.42. The maximum atomic E-state index is 5.48. The highest BCUT2D eigenvalue weighted by atomic mass is 32.1. The number of anilines is 1. The molecule has 0 aromatic heterocycles. The van der Waals surface area contributed by atoms with Gasteiger partial charge in [0.2, 0.25) is 0 Å². The fraction of sp³-hybridized carbons (Fsp3) is 0.188. The van der Waals surface area contributed by atoms with E-state index in [-0.39, 0.29) is 0 Å². The minimum Gasteiger partial charge on any atom is -0.332 e. The maximum Gasteiger partial charge on any atom is 0.187 e. The van der Waals surface area contributed by atoms with Crippen LogP contribution in [0.1, 0.15) is 11.1 Å². The minimum absolute atomic E-state index is 0.712. The number of hydrazine groups is 1. The van der Waals surface area contributed by atoms with Gasteiger partial charge in [0.1, 0.15) is 0 Å². The quantitative estimate of drug-likeness (QED) is 0.852. The molecule has 0 saturated carbocycles. The molecular weight excluding hydrogens is 266 g/mol. The summed E-state index contributed by atoms with van der Waals surface area (Å²) in [5, 5.41) is 8.23. The molecule has 0 saturated heterocycles. The second-order valence-electron chi connectivity index (χ2n) is 4.91. The highest BCUT2D eigenvalue weighted by Gasteiger charge is 2.22. The van der Waals surface area contributed by atoms with E-state index in [0.29, 0.717) is 5.11 Å². The Morgan fingerprint density at radius 3 is 2.15 bits per heavy atom. The average Bonchev–Trinajstić information content (AvgIpc) is 2.91. The Morgan fingerprint density at radius 2 is 1.55 bits per heavy atom. The third-order valence-corrected chi connectivity index (χ3v) is 3.93. The van der Waals surface area contributed by atoms with Gasteiger partial charge in [0.15, 0.2) is 5.11 Å². The van der Waals surface area contributed by atoms with Crippen LogP contribution in [0, 0.1) is 0 Å². The third-order valence-electron chi connectivity index (χ3n) is 3.57. The van der Waals surface area contributed by atoms with Crippen LogP contribution in [0.15, 0.2) is 54.6 Å². The Labute approximate surface area is 124 Å². The summed E-state index contributed by atoms with van der Waals surface area (Å²) in [6.45, 7) is 1.81. The van der Waals surface area contributed by atoms with Crippen molar-refractivity contribution in [3.05, 3.63) is 65.7 Å². The lowest BCUT2D eigenvalue weighted by atomic mass is 10.1. The van der Waals surface area contributed by atoms with E-state index in [1.807, 2.05) is 42.4 Å². The first kappa shape index (κ1) is 13.1. The number of rotatable bonds is 2. The van der Waals surface area contributed by atoms with E-state index < -0.39 is 0 Å². The molecule has 3 rings (SSSR count). The second-order valence-corrected chi connectivity index (χ2v) is 5.30. The molecule has 0 spiro atoms. The normalized spacial score (nSPS) is 13.8. The topological polar surface area (TPSA) is 18.5 Å². The monoisotopic (exact) mass is 283 g/mol. The Balaban J connectivity index is 1.66. The first-order valence-electron chi connectivity index (χ1n) is 6.65. The number of hydrogen-bond donors (Lipinski definition) is 1. The summed E-state index contributed by atoms with van der Waals surface area (Å²) in [5.41, 5.74) is 3.77. The predicted octanol–water partition coefficient (Wildman–Crippen LogP) is 3.25. The molecule has 1 N–H and O–H groups in total. The van der Waals surface area contributed by atoms with Crippen LogP contribution in [0.2, 0.25) is 0 Å². The summed E-state index contributed by atoms with van der Waals surface area (Å²) >= 11 is 5.48. The Bertz CT molecular complexity index is 587. The van der Waals surface area contributed by atoms with Gasteiger partial charge >= 0.3 is 0 Å². The number of nitrogens with zero attached hydrogens (tertiary/aromatic N) is 2. The van der Waals surface area contributed by atoms with Gasteiger partial charge in [-0.2, -0.15) is 0 Å². The SMILES string of the molecule is CN(C(=S)Nc1ccccc1)N1Cc2ccccc2C1. The summed E-state index contributed by atoms with van der Waals surface area (Å²) in [7, 11) is 2.00. The number of nitrogens with one attached hydrogen (secondary N) is 1. The van der Waals surface area contributed by atoms with Crippen molar-refractivity contribution in [1.82, 2.24) is 10.0 Å². The molecule has 1 aliphatic rings. The molecule has 0 amide bonds. The second kappa shape index (κ2) is 5.61. The molecule has 102 valence electrons. The van der Waals surface area contributed by atoms with Gasteiger partial charge in [0.05, 0.1) is 0 Å². The first-order valence-corrected chi connectivity index (χ1v) is 7.06. The van der Waals surface area contributed by atoms with Crippen LogP contribution < -0.4 is 5.32 Å². The summed E-state index contributed by atoms with van der Waals surface area (Å²) in [6, 6.07) is 18.5. The van der Waals surface area contributed by atoms with Gasteiger partial charge in [-0.15, -0.1) is 0 Å². The van der Waals surface area contributed by atoms with Crippen molar-refractivity contribution in [3.63, 3.8) is 0 Å². The minimum atomic E-state index is 0.712. The Hall–Kier alpha value is -1.91. The molecule has 0 fully saturated rings. The van der Waals surface area contributed by atoms with Gasteiger partial charge in [0.25, 0.3) is 0 Å². The fourth-order valence-electron chi connectivity index (χ4n) is 2.38. The largest absolute Gasteiger partial charge is 0.332 e. The highest BCUT2D eigenvalue weighted by molar-refractivity contribution is 7.80. The Kier molecular flexibility index (Phi) is 3.67. The molecular formula is C16H17N3S. The molecule has 4 heteroatoms. The van der Waals surface area contributed by atoms with Crippen molar-refractivity contribution in [3.8, 4) is 0 Å². The van der Waals surface area contributed by atoms with Crippen LogP contribution in [-0.4, -0.2) is 22.2 Å². The fourth-order valence-corrected chi connectivity index (χ4v) is 2.61. The number of benzene rings is 2. The summed E-state index contributed by atoms with van der Waals surface area (Å²) in [4.78, 5) is 0. The lowest BCUT2D eigenvalue weighted by Gasteiger charge is -2.30. The van der Waals surface area contributed by atoms with E-state index in [1.165, 1.54) is 11.1 Å². The van der Waals surface area contributed by atoms with Crippen LogP contribution >= 0.6 is 12.2 Å². The standard InChI is InChI=1S/C16H17N3S/c1-18(16(20)17-15-9-3-2-4-10-15)19-11-13-7-5-6-8-14(13)12-19/h2-10H,11-12H2,1H3,(H,17,20). The molecule has 1 heterocycles. The van der Waals surface area contributed by atoms with E-state index >= 15 is 0 Å². The van der Waals surface area contributed by atoms with Crippen LogP contribution in [0.3, 0.4) is 0 Å². The molecule has 0 atom stereocenters. The Morgan fingerprint density at radius 1 is 1.00 bits per heavy atom. The van der Waals surface area contributed by atoms with Gasteiger partial charge in [-0.1, -0.05) is 42.5 Å². The van der Waals surface area contributed by atoms with Gasteiger partial charge in [-0.3, -0.25) is 5.01 Å². The van der Waals surface area contributed by atoms with E-state index in [4.69, 9.17) is 12.2 Å². The van der Waals surface area contributed by atoms with Crippen molar-refractivity contribution in [2.45, 2.75) is 13.1 Å². The number of fused-ring (bicyclic) bond motifs is 1. The molecule has 0 radical (unpaired) electrons. The molecule has 2 aromatic carbocycles. The molecule has 1 aliphatic heterocycles. The maximum absolute atomic E-state index is 5.48. The van der Waals surface area contributed by atoms with Crippen molar-refractivity contribution >= 4 is 23.0 Å². The average molecular weight is 283 g/mol. The van der Waals surface area contributed by atoms with Crippen LogP contribution in [-0.2, 0) is 13.1 Å². The van der Waals surface area contributed by atoms with Crippen LogP contribution in [0.4, 0.5) is 5.69 Å². The van der Waals surface area contributed by atoms with Gasteiger partial charge in [-0.25, -0.2) is 5.01 Å². The summed E-state index contributed by atoms with van der Waals surface area (Å²) in [5.74, 6) is 0. The van der Waals surface area contributed by atoms with Crippen molar-refractivity contribution < 1.29 is 0 Å². The smallest absolute Gasteiger partial charge is 0.187 e. The van der Waals surface area contributed by atoms with E-state index in [1.54, 1.807) is 0 Å². The van der Waals surface area contributed by atoms with Crippen molar-refractivity contribution in [2.75, 3.05) is 12.4 Å². The third kappa shape index (κ3) is 2.66. The molecule has 0 unspecified atom stereocenters. The zero-order valence-corrected chi connectivity index (χ0v) is 12.2. The lowest BCUT2D eigenvalue weighted by molar-refractivity contribution is 0.0691. The molecule has 0 aliphatic carbocycles. The van der Waals surface area contributed by atoms with Gasteiger partial charge in [-0.05, 0) is 35.5 Å². The zero-order valence-electron chi connectivity index (χ0n) is 11.4. The molecule has 0 bridgehead atoms. The number of thiocarbonyl (C=S) groups is 1. The predicted molar refractivity (Wildman–Crippen MR) is 86.1 cm³/mol. The highest BCUT2D eigenvalue weighted by Crippen LogP contribution is 2.23. The van der Waals surface area contributed by atoms with Gasteiger partial charge in [0, 0.05) is 25.8 Å². The van der Waals surface area contributed by atoms with E-state index in [2.05, 4.69) is 34.6 Å². The van der Waals surface area contributed by atoms with Crippen LogP contribution in [0.25, 0.3) is 0 Å². The number of para-hydroxylation sites is 1. The first-order chi connectivity index (χ1) is 9.74. The van der Waals surface area contributed by atoms with Crippen LogP contribution in [0.5, 0.6) is 0 Å². The van der Waals surface area contributed by atoms with E-state index in [9.17, 15) is 0 Å². The van der Waals surface area contributed by atoms with E-state index in [0.717, 1.165) is 18.8 Å². The van der Waals surface area contributed by atoms with Crippen molar-refractivity contribution in [1.29, 1.82) is 0 Å². The molecule has 20 heavy (non-hydrogen) atoms. The summed E-state index contributed by atoms with van der Waals surface area (Å²) < 4.78 is 0. The summed E-state index contributed by atoms with van der Waals surface area (Å²) in [6.07, 6.45) is 0.